The van der Waals surface area contributed by atoms with Gasteiger partial charge in [-0.15, -0.1) is 0 Å². The van der Waals surface area contributed by atoms with Gasteiger partial charge in [0.15, 0.2) is 0 Å². The van der Waals surface area contributed by atoms with Crippen LogP contribution in [0.15, 0.2) is 42.6 Å². The van der Waals surface area contributed by atoms with Gasteiger partial charge in [-0.2, -0.15) is 0 Å². The predicted octanol–water partition coefficient (Wildman–Crippen LogP) is 2.47. The first-order valence-electron chi connectivity index (χ1n) is 8.86. The SMILES string of the molecule is Cc1[nH]c2ccccc2c1CC(=O)N1CCN(c2ccc(O)cn2)CC1. The van der Waals surface area contributed by atoms with Gasteiger partial charge < -0.3 is 19.9 Å². The van der Waals surface area contributed by atoms with Gasteiger partial charge in [-0.25, -0.2) is 4.98 Å². The Bertz CT molecular complexity index is 925. The lowest BCUT2D eigenvalue weighted by atomic mass is 10.1. The smallest absolute Gasteiger partial charge is 0.227 e. The molecule has 0 atom stereocenters. The molecule has 1 amide bonds. The normalized spacial score (nSPS) is 14.8. The van der Waals surface area contributed by atoms with Crippen LogP contribution in [-0.4, -0.2) is 52.1 Å². The fourth-order valence-corrected chi connectivity index (χ4v) is 3.58. The maximum atomic E-state index is 12.8. The van der Waals surface area contributed by atoms with Crippen molar-refractivity contribution < 1.29 is 9.90 Å². The summed E-state index contributed by atoms with van der Waals surface area (Å²) in [6, 6.07) is 11.6. The highest BCUT2D eigenvalue weighted by Gasteiger charge is 2.23. The Hall–Kier alpha value is -3.02. The second-order valence-electron chi connectivity index (χ2n) is 6.69. The molecule has 3 heterocycles. The molecule has 0 unspecified atom stereocenters. The van der Waals surface area contributed by atoms with Crippen molar-refractivity contribution in [3.8, 4) is 5.75 Å². The molecule has 3 aromatic rings. The second-order valence-corrected chi connectivity index (χ2v) is 6.69. The first-order chi connectivity index (χ1) is 12.6. The zero-order valence-electron chi connectivity index (χ0n) is 14.8. The third-order valence-corrected chi connectivity index (χ3v) is 5.04. The minimum Gasteiger partial charge on any atom is -0.506 e. The summed E-state index contributed by atoms with van der Waals surface area (Å²) in [4.78, 5) is 24.5. The molecule has 0 spiro atoms. The molecule has 1 aromatic carbocycles. The molecule has 2 N–H and O–H groups in total. The van der Waals surface area contributed by atoms with E-state index in [0.717, 1.165) is 41.1 Å². The van der Waals surface area contributed by atoms with Crippen LogP contribution in [0.2, 0.25) is 0 Å². The highest BCUT2D eigenvalue weighted by atomic mass is 16.3. The van der Waals surface area contributed by atoms with Crippen molar-refractivity contribution in [3.05, 3.63) is 53.9 Å². The summed E-state index contributed by atoms with van der Waals surface area (Å²) in [5, 5.41) is 10.5. The van der Waals surface area contributed by atoms with Crippen molar-refractivity contribution >= 4 is 22.6 Å². The summed E-state index contributed by atoms with van der Waals surface area (Å²) in [6.45, 7) is 4.88. The van der Waals surface area contributed by atoms with E-state index < -0.39 is 0 Å². The number of carbonyl (C=O) groups excluding carboxylic acids is 1. The molecule has 4 rings (SSSR count). The van der Waals surface area contributed by atoms with Crippen molar-refractivity contribution in [1.29, 1.82) is 0 Å². The van der Waals surface area contributed by atoms with Crippen LogP contribution < -0.4 is 4.90 Å². The Morgan fingerprint density at radius 3 is 2.65 bits per heavy atom. The van der Waals surface area contributed by atoms with Crippen LogP contribution in [0.1, 0.15) is 11.3 Å². The molecule has 26 heavy (non-hydrogen) atoms. The van der Waals surface area contributed by atoms with E-state index in [2.05, 4.69) is 20.9 Å². The standard InChI is InChI=1S/C20H22N4O2/c1-14-17(16-4-2-3-5-18(16)22-14)12-20(26)24-10-8-23(9-11-24)19-7-6-15(25)13-21-19/h2-7,13,22,25H,8-12H2,1H3. The number of para-hydroxylation sites is 1. The van der Waals surface area contributed by atoms with Gasteiger partial charge >= 0.3 is 0 Å². The zero-order valence-corrected chi connectivity index (χ0v) is 14.8. The van der Waals surface area contributed by atoms with E-state index in [0.29, 0.717) is 19.5 Å². The molecular formula is C20H22N4O2. The average molecular weight is 350 g/mol. The second kappa shape index (κ2) is 6.71. The van der Waals surface area contributed by atoms with Crippen LogP contribution in [0.25, 0.3) is 10.9 Å². The first kappa shape index (κ1) is 16.4. The highest BCUT2D eigenvalue weighted by molar-refractivity contribution is 5.90. The number of nitrogens with zero attached hydrogens (tertiary/aromatic N) is 3. The lowest BCUT2D eigenvalue weighted by Crippen LogP contribution is -2.49. The number of nitrogens with one attached hydrogen (secondary N) is 1. The number of H-pyrrole nitrogens is 1. The summed E-state index contributed by atoms with van der Waals surface area (Å²) in [7, 11) is 0. The number of aryl methyl sites for hydroxylation is 1. The van der Waals surface area contributed by atoms with Crippen LogP contribution >= 0.6 is 0 Å². The molecule has 134 valence electrons. The van der Waals surface area contributed by atoms with Crippen LogP contribution in [0.5, 0.6) is 5.75 Å². The van der Waals surface area contributed by atoms with E-state index >= 15 is 0 Å². The number of benzene rings is 1. The molecule has 1 aliphatic heterocycles. The molecule has 1 saturated heterocycles. The molecule has 0 bridgehead atoms. The maximum Gasteiger partial charge on any atom is 0.227 e. The molecule has 0 aliphatic carbocycles. The number of aromatic nitrogens is 2. The molecular weight excluding hydrogens is 328 g/mol. The molecule has 0 radical (unpaired) electrons. The molecule has 6 nitrogen and oxygen atoms in total. The van der Waals surface area contributed by atoms with E-state index in [1.807, 2.05) is 36.1 Å². The summed E-state index contributed by atoms with van der Waals surface area (Å²) in [5.41, 5.74) is 3.23. The Balaban J connectivity index is 1.42. The quantitative estimate of drug-likeness (QED) is 0.761. The van der Waals surface area contributed by atoms with Gasteiger partial charge in [-0.1, -0.05) is 18.2 Å². The van der Waals surface area contributed by atoms with Crippen molar-refractivity contribution in [3.63, 3.8) is 0 Å². The van der Waals surface area contributed by atoms with Crippen LogP contribution in [0.4, 0.5) is 5.82 Å². The predicted molar refractivity (Wildman–Crippen MR) is 101 cm³/mol. The van der Waals surface area contributed by atoms with E-state index in [4.69, 9.17) is 0 Å². The fourth-order valence-electron chi connectivity index (χ4n) is 3.58. The van der Waals surface area contributed by atoms with E-state index in [9.17, 15) is 9.90 Å². The largest absolute Gasteiger partial charge is 0.506 e. The van der Waals surface area contributed by atoms with Gasteiger partial charge in [0.2, 0.25) is 5.91 Å². The van der Waals surface area contributed by atoms with Gasteiger partial charge in [0.05, 0.1) is 12.6 Å². The van der Waals surface area contributed by atoms with Crippen LogP contribution in [0, 0.1) is 6.92 Å². The number of aromatic amines is 1. The van der Waals surface area contributed by atoms with E-state index in [-0.39, 0.29) is 11.7 Å². The summed E-state index contributed by atoms with van der Waals surface area (Å²) >= 11 is 0. The maximum absolute atomic E-state index is 12.8. The third kappa shape index (κ3) is 3.10. The van der Waals surface area contributed by atoms with Gasteiger partial charge in [0.25, 0.3) is 0 Å². The number of amides is 1. The minimum atomic E-state index is 0.163. The van der Waals surface area contributed by atoms with Crippen LogP contribution in [0.3, 0.4) is 0 Å². The Morgan fingerprint density at radius 1 is 1.15 bits per heavy atom. The number of hydrogen-bond donors (Lipinski definition) is 2. The number of aromatic hydroxyl groups is 1. The van der Waals surface area contributed by atoms with Crippen molar-refractivity contribution in [2.24, 2.45) is 0 Å². The van der Waals surface area contributed by atoms with Gasteiger partial charge in [0, 0.05) is 42.8 Å². The summed E-state index contributed by atoms with van der Waals surface area (Å²) < 4.78 is 0. The third-order valence-electron chi connectivity index (χ3n) is 5.04. The van der Waals surface area contributed by atoms with Gasteiger partial charge in [0.1, 0.15) is 11.6 Å². The fraction of sp³-hybridized carbons (Fsp3) is 0.300. The number of hydrogen-bond acceptors (Lipinski definition) is 4. The van der Waals surface area contributed by atoms with Crippen molar-refractivity contribution in [2.75, 3.05) is 31.1 Å². The van der Waals surface area contributed by atoms with Crippen LogP contribution in [-0.2, 0) is 11.2 Å². The lowest BCUT2D eigenvalue weighted by molar-refractivity contribution is -0.130. The van der Waals surface area contributed by atoms with Gasteiger partial charge in [-0.05, 0) is 30.7 Å². The summed E-state index contributed by atoms with van der Waals surface area (Å²) in [5.74, 6) is 1.16. The Morgan fingerprint density at radius 2 is 1.92 bits per heavy atom. The molecule has 1 aliphatic rings. The topological polar surface area (TPSA) is 72.5 Å². The number of pyridine rings is 1. The number of rotatable bonds is 3. The number of anilines is 1. The Kier molecular flexibility index (Phi) is 4.24. The molecule has 1 fully saturated rings. The number of fused-ring (bicyclic) bond motifs is 1. The zero-order chi connectivity index (χ0) is 18.1. The Labute approximate surface area is 152 Å². The minimum absolute atomic E-state index is 0.163. The average Bonchev–Trinajstić information content (AvgIpc) is 2.98. The lowest BCUT2D eigenvalue weighted by Gasteiger charge is -2.35. The number of carbonyl (C=O) groups is 1. The molecule has 6 heteroatoms. The van der Waals surface area contributed by atoms with Gasteiger partial charge in [-0.3, -0.25) is 4.79 Å². The monoisotopic (exact) mass is 350 g/mol. The van der Waals surface area contributed by atoms with E-state index in [1.165, 1.54) is 6.20 Å². The van der Waals surface area contributed by atoms with Crippen molar-refractivity contribution in [1.82, 2.24) is 14.9 Å². The first-order valence-corrected chi connectivity index (χ1v) is 8.86. The highest BCUT2D eigenvalue weighted by Crippen LogP contribution is 2.23. The summed E-state index contributed by atoms with van der Waals surface area (Å²) in [6.07, 6.45) is 1.87. The molecule has 0 saturated carbocycles. The van der Waals surface area contributed by atoms with E-state index in [1.54, 1.807) is 6.07 Å². The van der Waals surface area contributed by atoms with Crippen molar-refractivity contribution in [2.45, 2.75) is 13.3 Å². The molecule has 2 aromatic heterocycles. The number of piperazine rings is 1.